The Morgan fingerprint density at radius 2 is 1.91 bits per heavy atom. The van der Waals surface area contributed by atoms with Crippen LogP contribution in [-0.2, 0) is 0 Å². The van der Waals surface area contributed by atoms with Gasteiger partial charge in [-0.2, -0.15) is 0 Å². The van der Waals surface area contributed by atoms with E-state index in [1.165, 1.54) is 0 Å². The van der Waals surface area contributed by atoms with E-state index in [0.29, 0.717) is 11.5 Å². The molecule has 1 aliphatic heterocycles. The molecule has 0 saturated heterocycles. The van der Waals surface area contributed by atoms with Gasteiger partial charge in [-0.25, -0.2) is 8.78 Å². The minimum absolute atomic E-state index is 0.136. The van der Waals surface area contributed by atoms with Crippen molar-refractivity contribution in [3.05, 3.63) is 58.6 Å². The molecule has 0 unspecified atom stereocenters. The zero-order chi connectivity index (χ0) is 16.4. The van der Waals surface area contributed by atoms with Gasteiger partial charge in [0.1, 0.15) is 12.7 Å². The van der Waals surface area contributed by atoms with Gasteiger partial charge in [0.25, 0.3) is 5.91 Å². The van der Waals surface area contributed by atoms with Crippen molar-refractivity contribution in [2.75, 3.05) is 13.2 Å². The SMILES string of the molecule is O=C(NC[C@@H]1COc2ccccc2O1)c1cc(F)c(F)cc1Cl. The van der Waals surface area contributed by atoms with Crippen LogP contribution < -0.4 is 14.8 Å². The Balaban J connectivity index is 1.63. The van der Waals surface area contributed by atoms with Crippen molar-refractivity contribution in [1.29, 1.82) is 0 Å². The first-order valence-corrected chi connectivity index (χ1v) is 7.23. The quantitative estimate of drug-likeness (QED) is 0.874. The zero-order valence-electron chi connectivity index (χ0n) is 11.8. The molecule has 2 aromatic carbocycles. The van der Waals surface area contributed by atoms with Crippen LogP contribution in [0.25, 0.3) is 0 Å². The number of fused-ring (bicyclic) bond motifs is 1. The third kappa shape index (κ3) is 3.37. The molecule has 0 fully saturated rings. The summed E-state index contributed by atoms with van der Waals surface area (Å²) in [5, 5.41) is 2.41. The predicted octanol–water partition coefficient (Wildman–Crippen LogP) is 3.19. The van der Waals surface area contributed by atoms with Gasteiger partial charge >= 0.3 is 0 Å². The molecule has 1 amide bonds. The van der Waals surface area contributed by atoms with Crippen LogP contribution in [0.1, 0.15) is 10.4 Å². The minimum atomic E-state index is -1.13. The summed E-state index contributed by atoms with van der Waals surface area (Å²) in [4.78, 5) is 12.0. The van der Waals surface area contributed by atoms with Gasteiger partial charge in [0.2, 0.25) is 0 Å². The molecule has 2 aromatic rings. The molecule has 0 radical (unpaired) electrons. The number of nitrogens with one attached hydrogen (secondary N) is 1. The highest BCUT2D eigenvalue weighted by Gasteiger charge is 2.22. The van der Waals surface area contributed by atoms with Crippen LogP contribution in [0.3, 0.4) is 0 Å². The maximum absolute atomic E-state index is 13.2. The van der Waals surface area contributed by atoms with Gasteiger partial charge in [-0.15, -0.1) is 0 Å². The van der Waals surface area contributed by atoms with E-state index in [1.54, 1.807) is 12.1 Å². The Hall–Kier alpha value is -2.34. The molecule has 0 spiro atoms. The normalized spacial score (nSPS) is 16.0. The Kier molecular flexibility index (Phi) is 4.34. The van der Waals surface area contributed by atoms with Crippen LogP contribution in [0.5, 0.6) is 11.5 Å². The third-order valence-electron chi connectivity index (χ3n) is 3.31. The number of para-hydroxylation sites is 2. The molecule has 0 aromatic heterocycles. The summed E-state index contributed by atoms with van der Waals surface area (Å²) >= 11 is 5.76. The molecule has 0 bridgehead atoms. The fraction of sp³-hybridized carbons (Fsp3) is 0.188. The average Bonchev–Trinajstić information content (AvgIpc) is 2.55. The molecule has 4 nitrogen and oxygen atoms in total. The lowest BCUT2D eigenvalue weighted by Crippen LogP contribution is -2.40. The highest BCUT2D eigenvalue weighted by Crippen LogP contribution is 2.30. The molecule has 23 heavy (non-hydrogen) atoms. The fourth-order valence-electron chi connectivity index (χ4n) is 2.16. The van der Waals surface area contributed by atoms with E-state index in [2.05, 4.69) is 5.32 Å². The lowest BCUT2D eigenvalue weighted by Gasteiger charge is -2.26. The van der Waals surface area contributed by atoms with Gasteiger partial charge in [0.05, 0.1) is 17.1 Å². The molecule has 0 saturated carbocycles. The number of amides is 1. The highest BCUT2D eigenvalue weighted by atomic mass is 35.5. The molecular formula is C16H12ClF2NO3. The van der Waals surface area contributed by atoms with Crippen molar-refractivity contribution in [1.82, 2.24) is 5.32 Å². The van der Waals surface area contributed by atoms with Crippen molar-refractivity contribution < 1.29 is 23.0 Å². The van der Waals surface area contributed by atoms with Crippen molar-refractivity contribution in [2.24, 2.45) is 0 Å². The second kappa shape index (κ2) is 6.42. The lowest BCUT2D eigenvalue weighted by molar-refractivity contribution is 0.0789. The Morgan fingerprint density at radius 1 is 1.22 bits per heavy atom. The molecular weight excluding hydrogens is 328 g/mol. The second-order valence-corrected chi connectivity index (χ2v) is 5.36. The second-order valence-electron chi connectivity index (χ2n) is 4.95. The summed E-state index contributed by atoms with van der Waals surface area (Å²) < 4.78 is 37.4. The number of hydrogen-bond acceptors (Lipinski definition) is 3. The van der Waals surface area contributed by atoms with E-state index < -0.39 is 23.6 Å². The first kappa shape index (κ1) is 15.6. The zero-order valence-corrected chi connectivity index (χ0v) is 12.6. The number of ether oxygens (including phenoxy) is 2. The number of carbonyl (C=O) groups excluding carboxylic acids is 1. The minimum Gasteiger partial charge on any atom is -0.486 e. The van der Waals surface area contributed by atoms with E-state index in [1.807, 2.05) is 12.1 Å². The van der Waals surface area contributed by atoms with Gasteiger partial charge in [-0.3, -0.25) is 4.79 Å². The third-order valence-corrected chi connectivity index (χ3v) is 3.63. The first-order valence-electron chi connectivity index (χ1n) is 6.86. The molecule has 1 aliphatic rings. The number of hydrogen-bond donors (Lipinski definition) is 1. The monoisotopic (exact) mass is 339 g/mol. The number of halogens is 3. The van der Waals surface area contributed by atoms with Crippen LogP contribution in [0.2, 0.25) is 5.02 Å². The van der Waals surface area contributed by atoms with Crippen molar-refractivity contribution in [2.45, 2.75) is 6.10 Å². The molecule has 1 heterocycles. The molecule has 1 atom stereocenters. The Labute approximate surface area is 136 Å². The van der Waals surface area contributed by atoms with Crippen molar-refractivity contribution in [3.8, 4) is 11.5 Å². The highest BCUT2D eigenvalue weighted by molar-refractivity contribution is 6.33. The number of benzene rings is 2. The molecule has 0 aliphatic carbocycles. The number of rotatable bonds is 3. The first-order chi connectivity index (χ1) is 11.0. The maximum Gasteiger partial charge on any atom is 0.253 e. The summed E-state index contributed by atoms with van der Waals surface area (Å²) in [6, 6.07) is 8.71. The van der Waals surface area contributed by atoms with Crippen molar-refractivity contribution >= 4 is 17.5 Å². The largest absolute Gasteiger partial charge is 0.486 e. The topological polar surface area (TPSA) is 47.6 Å². The van der Waals surface area contributed by atoms with Gasteiger partial charge in [0.15, 0.2) is 23.1 Å². The summed E-state index contributed by atoms with van der Waals surface area (Å²) in [6.07, 6.45) is -0.391. The smallest absolute Gasteiger partial charge is 0.253 e. The van der Waals surface area contributed by atoms with Gasteiger partial charge < -0.3 is 14.8 Å². The van der Waals surface area contributed by atoms with Crippen LogP contribution in [0.15, 0.2) is 36.4 Å². The van der Waals surface area contributed by atoms with E-state index in [4.69, 9.17) is 21.1 Å². The number of carbonyl (C=O) groups is 1. The Morgan fingerprint density at radius 3 is 2.70 bits per heavy atom. The van der Waals surface area contributed by atoms with E-state index >= 15 is 0 Å². The summed E-state index contributed by atoms with van der Waals surface area (Å²) in [7, 11) is 0. The van der Waals surface area contributed by atoms with E-state index in [9.17, 15) is 13.6 Å². The van der Waals surface area contributed by atoms with Crippen LogP contribution >= 0.6 is 11.6 Å². The van der Waals surface area contributed by atoms with Gasteiger partial charge in [0, 0.05) is 0 Å². The molecule has 7 heteroatoms. The summed E-state index contributed by atoms with van der Waals surface area (Å²) in [5.41, 5.74) is -0.136. The molecule has 120 valence electrons. The Bertz CT molecular complexity index is 754. The van der Waals surface area contributed by atoms with E-state index in [0.717, 1.165) is 12.1 Å². The van der Waals surface area contributed by atoms with Crippen LogP contribution in [0, 0.1) is 11.6 Å². The van der Waals surface area contributed by atoms with Crippen LogP contribution in [0.4, 0.5) is 8.78 Å². The summed E-state index contributed by atoms with van der Waals surface area (Å²) in [6.45, 7) is 0.408. The van der Waals surface area contributed by atoms with Gasteiger partial charge in [-0.1, -0.05) is 23.7 Å². The maximum atomic E-state index is 13.2. The summed E-state index contributed by atoms with van der Waals surface area (Å²) in [5.74, 6) is -1.63. The lowest BCUT2D eigenvalue weighted by atomic mass is 10.2. The van der Waals surface area contributed by atoms with Crippen LogP contribution in [-0.4, -0.2) is 25.2 Å². The standard InChI is InChI=1S/C16H12ClF2NO3/c17-11-6-13(19)12(18)5-10(11)16(21)20-7-9-8-22-14-3-1-2-4-15(14)23-9/h1-6,9H,7-8H2,(H,20,21)/t9-/m1/s1. The predicted molar refractivity (Wildman–Crippen MR) is 80.1 cm³/mol. The average molecular weight is 340 g/mol. The van der Waals surface area contributed by atoms with Crippen molar-refractivity contribution in [3.63, 3.8) is 0 Å². The van der Waals surface area contributed by atoms with Gasteiger partial charge in [-0.05, 0) is 24.3 Å². The molecule has 1 N–H and O–H groups in total. The van der Waals surface area contributed by atoms with E-state index in [-0.39, 0.29) is 23.7 Å². The fourth-order valence-corrected chi connectivity index (χ4v) is 2.40. The molecule has 3 rings (SSSR count).